The predicted molar refractivity (Wildman–Crippen MR) is 86.1 cm³/mol. The molecule has 0 spiro atoms. The van der Waals surface area contributed by atoms with E-state index in [2.05, 4.69) is 64.2 Å². The lowest BCUT2D eigenvalue weighted by molar-refractivity contribution is 0.284. The first-order valence-electron chi connectivity index (χ1n) is 7.39. The van der Waals surface area contributed by atoms with E-state index in [9.17, 15) is 0 Å². The van der Waals surface area contributed by atoms with E-state index >= 15 is 0 Å². The molecule has 2 aromatic rings. The lowest BCUT2D eigenvalue weighted by Gasteiger charge is -2.33. The molecule has 0 saturated heterocycles. The van der Waals surface area contributed by atoms with Gasteiger partial charge in [0.05, 0.1) is 6.54 Å². The number of furan rings is 1. The average Bonchev–Trinajstić information content (AvgIpc) is 2.67. The first-order valence-corrected chi connectivity index (χ1v) is 7.39. The highest BCUT2D eigenvalue weighted by Gasteiger charge is 2.27. The zero-order valence-corrected chi connectivity index (χ0v) is 13.6. The number of hydrogen-bond acceptors (Lipinski definition) is 2. The van der Waals surface area contributed by atoms with Crippen molar-refractivity contribution >= 4 is 11.0 Å². The van der Waals surface area contributed by atoms with Crippen LogP contribution in [0, 0.1) is 5.41 Å². The Morgan fingerprint density at radius 2 is 1.75 bits per heavy atom. The third-order valence-corrected chi connectivity index (χ3v) is 3.67. The Morgan fingerprint density at radius 3 is 2.35 bits per heavy atom. The van der Waals surface area contributed by atoms with E-state index in [0.29, 0.717) is 5.41 Å². The Kier molecular flexibility index (Phi) is 3.97. The molecule has 0 aliphatic heterocycles. The first kappa shape index (κ1) is 15.1. The van der Waals surface area contributed by atoms with Crippen molar-refractivity contribution in [2.45, 2.75) is 53.0 Å². The maximum Gasteiger partial charge on any atom is 0.134 e. The van der Waals surface area contributed by atoms with Crippen LogP contribution in [0.3, 0.4) is 0 Å². The fourth-order valence-corrected chi connectivity index (χ4v) is 3.21. The topological polar surface area (TPSA) is 25.2 Å². The summed E-state index contributed by atoms with van der Waals surface area (Å²) in [5.74, 6) is 0.994. The van der Waals surface area contributed by atoms with E-state index < -0.39 is 0 Å². The summed E-state index contributed by atoms with van der Waals surface area (Å²) in [7, 11) is 1.94. The molecule has 2 heteroatoms. The van der Waals surface area contributed by atoms with Crippen LogP contribution in [-0.2, 0) is 12.0 Å². The van der Waals surface area contributed by atoms with Gasteiger partial charge in [-0.3, -0.25) is 0 Å². The Bertz CT molecular complexity index is 587. The van der Waals surface area contributed by atoms with Crippen LogP contribution in [0.5, 0.6) is 0 Å². The van der Waals surface area contributed by atoms with Gasteiger partial charge in [-0.2, -0.15) is 0 Å². The number of nitrogens with one attached hydrogen (secondary N) is 1. The minimum absolute atomic E-state index is 0.173. The third-order valence-electron chi connectivity index (χ3n) is 3.67. The van der Waals surface area contributed by atoms with Crippen LogP contribution in [0.4, 0.5) is 0 Å². The summed E-state index contributed by atoms with van der Waals surface area (Å²) in [5, 5.41) is 4.33. The number of rotatable bonds is 4. The van der Waals surface area contributed by atoms with Gasteiger partial charge < -0.3 is 9.73 Å². The van der Waals surface area contributed by atoms with Crippen molar-refractivity contribution < 1.29 is 4.42 Å². The molecule has 1 N–H and O–H groups in total. The van der Waals surface area contributed by atoms with Crippen LogP contribution >= 0.6 is 0 Å². The van der Waals surface area contributed by atoms with Gasteiger partial charge in [-0.15, -0.1) is 0 Å². The molecule has 1 aromatic heterocycles. The highest BCUT2D eigenvalue weighted by atomic mass is 16.3. The molecule has 110 valence electrons. The molecular formula is C18H27NO. The van der Waals surface area contributed by atoms with Gasteiger partial charge in [-0.05, 0) is 48.1 Å². The highest BCUT2D eigenvalue weighted by Crippen LogP contribution is 2.37. The quantitative estimate of drug-likeness (QED) is 0.860. The predicted octanol–water partition coefficient (Wildman–Crippen LogP) is 4.87. The highest BCUT2D eigenvalue weighted by molar-refractivity contribution is 5.79. The van der Waals surface area contributed by atoms with Crippen LogP contribution in [0.15, 0.2) is 28.7 Å². The molecule has 0 bridgehead atoms. The van der Waals surface area contributed by atoms with E-state index in [4.69, 9.17) is 4.42 Å². The molecule has 1 aromatic carbocycles. The largest absolute Gasteiger partial charge is 0.460 e. The normalized spacial score (nSPS) is 13.1. The zero-order valence-electron chi connectivity index (χ0n) is 13.6. The van der Waals surface area contributed by atoms with Crippen LogP contribution in [0.2, 0.25) is 0 Å². The molecule has 0 aliphatic rings. The fourth-order valence-electron chi connectivity index (χ4n) is 3.21. The molecule has 0 atom stereocenters. The molecule has 20 heavy (non-hydrogen) atoms. The summed E-state index contributed by atoms with van der Waals surface area (Å²) in [6.07, 6.45) is 1.16. The number of hydrogen-bond donors (Lipinski definition) is 1. The molecule has 2 rings (SSSR count). The molecule has 0 saturated carbocycles. The Morgan fingerprint density at radius 1 is 1.05 bits per heavy atom. The van der Waals surface area contributed by atoms with Gasteiger partial charge in [-0.1, -0.05) is 40.7 Å². The van der Waals surface area contributed by atoms with Gasteiger partial charge >= 0.3 is 0 Å². The monoisotopic (exact) mass is 273 g/mol. The maximum atomic E-state index is 5.81. The summed E-state index contributed by atoms with van der Waals surface area (Å²) in [5.41, 5.74) is 2.86. The SMILES string of the molecule is CNCc1cc2cc(C(C)(C)CC(C)(C)C)ccc2o1. The lowest BCUT2D eigenvalue weighted by Crippen LogP contribution is -2.24. The van der Waals surface area contributed by atoms with Crippen LogP contribution < -0.4 is 5.32 Å². The Balaban J connectivity index is 2.35. The van der Waals surface area contributed by atoms with Gasteiger partial charge in [0, 0.05) is 5.39 Å². The molecule has 0 unspecified atom stereocenters. The van der Waals surface area contributed by atoms with E-state index in [-0.39, 0.29) is 5.41 Å². The molecular weight excluding hydrogens is 246 g/mol. The van der Waals surface area contributed by atoms with Crippen molar-refractivity contribution in [2.75, 3.05) is 7.05 Å². The van der Waals surface area contributed by atoms with E-state index in [1.54, 1.807) is 0 Å². The Hall–Kier alpha value is -1.28. The second kappa shape index (κ2) is 5.25. The summed E-state index contributed by atoms with van der Waals surface area (Å²) < 4.78 is 5.81. The van der Waals surface area contributed by atoms with Crippen LogP contribution in [0.1, 0.15) is 52.4 Å². The van der Waals surface area contributed by atoms with Crippen molar-refractivity contribution in [1.29, 1.82) is 0 Å². The van der Waals surface area contributed by atoms with Crippen LogP contribution in [0.25, 0.3) is 11.0 Å². The zero-order chi connectivity index (χ0) is 15.0. The van der Waals surface area contributed by atoms with Crippen molar-refractivity contribution in [3.05, 3.63) is 35.6 Å². The summed E-state index contributed by atoms with van der Waals surface area (Å²) in [6.45, 7) is 12.3. The van der Waals surface area contributed by atoms with Crippen molar-refractivity contribution in [2.24, 2.45) is 5.41 Å². The van der Waals surface area contributed by atoms with E-state index in [1.165, 1.54) is 10.9 Å². The molecule has 0 radical (unpaired) electrons. The van der Waals surface area contributed by atoms with Crippen molar-refractivity contribution in [1.82, 2.24) is 5.32 Å². The minimum Gasteiger partial charge on any atom is -0.460 e. The maximum absolute atomic E-state index is 5.81. The molecule has 0 amide bonds. The van der Waals surface area contributed by atoms with Crippen molar-refractivity contribution in [3.63, 3.8) is 0 Å². The molecule has 1 heterocycles. The third kappa shape index (κ3) is 3.43. The summed E-state index contributed by atoms with van der Waals surface area (Å²) in [6, 6.07) is 8.74. The molecule has 0 aliphatic carbocycles. The van der Waals surface area contributed by atoms with Gasteiger partial charge in [0.2, 0.25) is 0 Å². The van der Waals surface area contributed by atoms with E-state index in [0.717, 1.165) is 24.3 Å². The average molecular weight is 273 g/mol. The second-order valence-corrected chi connectivity index (χ2v) is 7.62. The van der Waals surface area contributed by atoms with Crippen LogP contribution in [-0.4, -0.2) is 7.05 Å². The summed E-state index contributed by atoms with van der Waals surface area (Å²) >= 11 is 0. The van der Waals surface area contributed by atoms with Crippen molar-refractivity contribution in [3.8, 4) is 0 Å². The van der Waals surface area contributed by atoms with Gasteiger partial charge in [0.1, 0.15) is 11.3 Å². The van der Waals surface area contributed by atoms with Gasteiger partial charge in [-0.25, -0.2) is 0 Å². The standard InChI is InChI=1S/C18H27NO/c1-17(2,3)12-18(4,5)14-7-8-16-13(9-14)10-15(20-16)11-19-6/h7-10,19H,11-12H2,1-6H3. The smallest absolute Gasteiger partial charge is 0.134 e. The van der Waals surface area contributed by atoms with Gasteiger partial charge in [0.25, 0.3) is 0 Å². The Labute approximate surface area is 122 Å². The number of fused-ring (bicyclic) bond motifs is 1. The lowest BCUT2D eigenvalue weighted by atomic mass is 9.72. The summed E-state index contributed by atoms with van der Waals surface area (Å²) in [4.78, 5) is 0. The first-order chi connectivity index (χ1) is 9.21. The molecule has 2 nitrogen and oxygen atoms in total. The van der Waals surface area contributed by atoms with E-state index in [1.807, 2.05) is 7.05 Å². The van der Waals surface area contributed by atoms with Gasteiger partial charge in [0.15, 0.2) is 0 Å². The minimum atomic E-state index is 0.173. The number of benzene rings is 1. The second-order valence-electron chi connectivity index (χ2n) is 7.62. The molecule has 0 fully saturated rings. The fraction of sp³-hybridized carbons (Fsp3) is 0.556.